The van der Waals surface area contributed by atoms with Crippen LogP contribution in [0.25, 0.3) is 0 Å². The van der Waals surface area contributed by atoms with Crippen LogP contribution in [0.1, 0.15) is 41.7 Å². The van der Waals surface area contributed by atoms with Crippen molar-refractivity contribution in [2.45, 2.75) is 25.8 Å². The SMILES string of the molecule is CC(C(=O)Nc1ccc(C(=O)NCCN2CCCC2)cc1)C(N)c1ccccc1. The van der Waals surface area contributed by atoms with Gasteiger partial charge in [-0.1, -0.05) is 37.3 Å². The molecule has 1 heterocycles. The molecule has 29 heavy (non-hydrogen) atoms. The molecule has 154 valence electrons. The predicted octanol–water partition coefficient (Wildman–Crippen LogP) is 2.79. The van der Waals surface area contributed by atoms with E-state index in [9.17, 15) is 9.59 Å². The zero-order valence-electron chi connectivity index (χ0n) is 16.9. The number of amides is 2. The maximum atomic E-state index is 12.5. The smallest absolute Gasteiger partial charge is 0.251 e. The van der Waals surface area contributed by atoms with Crippen LogP contribution in [0, 0.1) is 5.92 Å². The molecular weight excluding hydrogens is 364 g/mol. The minimum atomic E-state index is -0.383. The molecule has 0 radical (unpaired) electrons. The van der Waals surface area contributed by atoms with Crippen molar-refractivity contribution in [3.8, 4) is 0 Å². The summed E-state index contributed by atoms with van der Waals surface area (Å²) in [6.07, 6.45) is 2.49. The van der Waals surface area contributed by atoms with Crippen molar-refractivity contribution in [2.75, 3.05) is 31.5 Å². The highest BCUT2D eigenvalue weighted by Crippen LogP contribution is 2.21. The molecule has 2 aromatic rings. The molecule has 1 saturated heterocycles. The minimum Gasteiger partial charge on any atom is -0.351 e. The number of anilines is 1. The molecule has 3 rings (SSSR count). The summed E-state index contributed by atoms with van der Waals surface area (Å²) < 4.78 is 0. The lowest BCUT2D eigenvalue weighted by molar-refractivity contribution is -0.120. The van der Waals surface area contributed by atoms with Gasteiger partial charge in [-0.15, -0.1) is 0 Å². The third kappa shape index (κ3) is 5.89. The fourth-order valence-corrected chi connectivity index (χ4v) is 3.52. The van der Waals surface area contributed by atoms with Gasteiger partial charge in [0, 0.05) is 30.4 Å². The van der Waals surface area contributed by atoms with E-state index in [2.05, 4.69) is 15.5 Å². The molecule has 4 N–H and O–H groups in total. The number of nitrogens with two attached hydrogens (primary N) is 1. The number of nitrogens with one attached hydrogen (secondary N) is 2. The van der Waals surface area contributed by atoms with Gasteiger partial charge in [-0.25, -0.2) is 0 Å². The van der Waals surface area contributed by atoms with Crippen LogP contribution in [0.2, 0.25) is 0 Å². The van der Waals surface area contributed by atoms with Crippen molar-refractivity contribution < 1.29 is 9.59 Å². The van der Waals surface area contributed by atoms with Crippen LogP contribution in [0.3, 0.4) is 0 Å². The second kappa shape index (κ2) is 10.2. The molecule has 2 atom stereocenters. The van der Waals surface area contributed by atoms with Gasteiger partial charge in [-0.3, -0.25) is 9.59 Å². The zero-order valence-corrected chi connectivity index (χ0v) is 16.9. The Morgan fingerprint density at radius 3 is 2.34 bits per heavy atom. The summed E-state index contributed by atoms with van der Waals surface area (Å²) in [4.78, 5) is 27.2. The standard InChI is InChI=1S/C23H30N4O2/c1-17(21(24)18-7-3-2-4-8-18)22(28)26-20-11-9-19(10-12-20)23(29)25-13-16-27-14-5-6-15-27/h2-4,7-12,17,21H,5-6,13-16,24H2,1H3,(H,25,29)(H,26,28). The molecule has 6 heteroatoms. The van der Waals surface area contributed by atoms with Crippen LogP contribution in [-0.4, -0.2) is 42.9 Å². The topological polar surface area (TPSA) is 87.5 Å². The first-order valence-corrected chi connectivity index (χ1v) is 10.3. The third-order valence-corrected chi connectivity index (χ3v) is 5.46. The minimum absolute atomic E-state index is 0.0958. The monoisotopic (exact) mass is 394 g/mol. The van der Waals surface area contributed by atoms with E-state index in [4.69, 9.17) is 5.73 Å². The Labute approximate surface area is 172 Å². The van der Waals surface area contributed by atoms with Gasteiger partial charge in [0.1, 0.15) is 0 Å². The number of rotatable bonds is 8. The summed E-state index contributed by atoms with van der Waals surface area (Å²) in [5.74, 6) is -0.628. The number of carbonyl (C=O) groups is 2. The van der Waals surface area contributed by atoms with E-state index in [0.717, 1.165) is 25.2 Å². The molecule has 1 aliphatic heterocycles. The predicted molar refractivity (Wildman–Crippen MR) is 116 cm³/mol. The Balaban J connectivity index is 1.48. The number of hydrogen-bond acceptors (Lipinski definition) is 4. The van der Waals surface area contributed by atoms with Gasteiger partial charge in [-0.2, -0.15) is 0 Å². The Morgan fingerprint density at radius 2 is 1.69 bits per heavy atom. The number of likely N-dealkylation sites (tertiary alicyclic amines) is 1. The van der Waals surface area contributed by atoms with Crippen molar-refractivity contribution in [3.63, 3.8) is 0 Å². The van der Waals surface area contributed by atoms with Gasteiger partial charge in [-0.05, 0) is 55.8 Å². The van der Waals surface area contributed by atoms with Gasteiger partial charge in [0.15, 0.2) is 0 Å². The lowest BCUT2D eigenvalue weighted by Gasteiger charge is -2.20. The normalized spacial score (nSPS) is 16.2. The highest BCUT2D eigenvalue weighted by Gasteiger charge is 2.22. The Bertz CT molecular complexity index is 801. The quantitative estimate of drug-likeness (QED) is 0.642. The number of nitrogens with zero attached hydrogens (tertiary/aromatic N) is 1. The van der Waals surface area contributed by atoms with E-state index < -0.39 is 0 Å². The van der Waals surface area contributed by atoms with E-state index >= 15 is 0 Å². The molecule has 0 bridgehead atoms. The second-order valence-electron chi connectivity index (χ2n) is 7.60. The molecule has 0 aromatic heterocycles. The van der Waals surface area contributed by atoms with Crippen molar-refractivity contribution >= 4 is 17.5 Å². The highest BCUT2D eigenvalue weighted by molar-refractivity contribution is 5.96. The van der Waals surface area contributed by atoms with Crippen molar-refractivity contribution in [1.82, 2.24) is 10.2 Å². The fraction of sp³-hybridized carbons (Fsp3) is 0.391. The third-order valence-electron chi connectivity index (χ3n) is 5.46. The molecule has 2 amide bonds. The summed E-state index contributed by atoms with van der Waals surface area (Å²) in [6.45, 7) is 5.59. The van der Waals surface area contributed by atoms with E-state index in [-0.39, 0.29) is 23.8 Å². The summed E-state index contributed by atoms with van der Waals surface area (Å²) in [6, 6.07) is 16.1. The Morgan fingerprint density at radius 1 is 1.03 bits per heavy atom. The van der Waals surface area contributed by atoms with Crippen LogP contribution < -0.4 is 16.4 Å². The summed E-state index contributed by atoms with van der Waals surface area (Å²) in [5, 5.41) is 5.83. The van der Waals surface area contributed by atoms with Crippen LogP contribution in [-0.2, 0) is 4.79 Å². The molecule has 0 spiro atoms. The first-order chi connectivity index (χ1) is 14.0. The molecule has 0 aliphatic carbocycles. The fourth-order valence-electron chi connectivity index (χ4n) is 3.52. The molecule has 1 aliphatic rings. The van der Waals surface area contributed by atoms with Crippen molar-refractivity contribution in [3.05, 3.63) is 65.7 Å². The first-order valence-electron chi connectivity index (χ1n) is 10.3. The number of benzene rings is 2. The van der Waals surface area contributed by atoms with Crippen molar-refractivity contribution in [2.24, 2.45) is 11.7 Å². The number of carbonyl (C=O) groups excluding carboxylic acids is 2. The number of hydrogen-bond donors (Lipinski definition) is 3. The molecule has 6 nitrogen and oxygen atoms in total. The summed E-state index contributed by atoms with van der Waals surface area (Å²) in [5.41, 5.74) is 8.39. The van der Waals surface area contributed by atoms with Crippen LogP contribution in [0.5, 0.6) is 0 Å². The molecular formula is C23H30N4O2. The lowest BCUT2D eigenvalue weighted by atomic mass is 9.94. The second-order valence-corrected chi connectivity index (χ2v) is 7.60. The molecule has 2 aromatic carbocycles. The lowest BCUT2D eigenvalue weighted by Crippen LogP contribution is -2.33. The van der Waals surface area contributed by atoms with Gasteiger partial charge in [0.25, 0.3) is 5.91 Å². The average Bonchev–Trinajstić information content (AvgIpc) is 3.27. The maximum absolute atomic E-state index is 12.5. The van der Waals surface area contributed by atoms with E-state index in [1.165, 1.54) is 12.8 Å². The zero-order chi connectivity index (χ0) is 20.6. The van der Waals surface area contributed by atoms with Gasteiger partial charge in [0.2, 0.25) is 5.91 Å². The Hall–Kier alpha value is -2.70. The Kier molecular flexibility index (Phi) is 7.38. The average molecular weight is 395 g/mol. The first kappa shape index (κ1) is 21.0. The van der Waals surface area contributed by atoms with Gasteiger partial charge in [0.05, 0.1) is 5.92 Å². The summed E-state index contributed by atoms with van der Waals surface area (Å²) >= 11 is 0. The van der Waals surface area contributed by atoms with Crippen LogP contribution in [0.4, 0.5) is 5.69 Å². The van der Waals surface area contributed by atoms with Crippen LogP contribution >= 0.6 is 0 Å². The van der Waals surface area contributed by atoms with Crippen molar-refractivity contribution in [1.29, 1.82) is 0 Å². The van der Waals surface area contributed by atoms with E-state index in [1.807, 2.05) is 37.3 Å². The van der Waals surface area contributed by atoms with Crippen LogP contribution in [0.15, 0.2) is 54.6 Å². The van der Waals surface area contributed by atoms with Gasteiger partial charge >= 0.3 is 0 Å². The molecule has 0 saturated carbocycles. The summed E-state index contributed by atoms with van der Waals surface area (Å²) in [7, 11) is 0. The largest absolute Gasteiger partial charge is 0.351 e. The molecule has 1 fully saturated rings. The molecule has 2 unspecified atom stereocenters. The van der Waals surface area contributed by atoms with E-state index in [0.29, 0.717) is 17.8 Å². The maximum Gasteiger partial charge on any atom is 0.251 e. The highest BCUT2D eigenvalue weighted by atomic mass is 16.2. The van der Waals surface area contributed by atoms with Gasteiger partial charge < -0.3 is 21.3 Å². The van der Waals surface area contributed by atoms with E-state index in [1.54, 1.807) is 24.3 Å².